The molecule has 112 valence electrons. The lowest BCUT2D eigenvalue weighted by molar-refractivity contribution is 0.163. The first kappa shape index (κ1) is 15.8. The van der Waals surface area contributed by atoms with Crippen LogP contribution in [-0.2, 0) is 0 Å². The standard InChI is InChI=1S/C16H25BrN2O/c1-3-4-5-15(19-10-8-18-9-11-19)13-6-7-16(20-2)14(17)12-13/h6-7,12,15,18H,3-5,8-11H2,1-2H3/t15-/m0/s1. The molecule has 3 nitrogen and oxygen atoms in total. The average molecular weight is 341 g/mol. The first-order chi connectivity index (χ1) is 9.76. The van der Waals surface area contributed by atoms with E-state index in [0.29, 0.717) is 6.04 Å². The second kappa shape index (κ2) is 8.01. The van der Waals surface area contributed by atoms with Gasteiger partial charge in [-0.2, -0.15) is 0 Å². The molecular weight excluding hydrogens is 316 g/mol. The van der Waals surface area contributed by atoms with Crippen LogP contribution in [0.25, 0.3) is 0 Å². The molecule has 1 aromatic rings. The summed E-state index contributed by atoms with van der Waals surface area (Å²) in [6.07, 6.45) is 3.76. The van der Waals surface area contributed by atoms with E-state index < -0.39 is 0 Å². The zero-order valence-electron chi connectivity index (χ0n) is 12.5. The first-order valence-electron chi connectivity index (χ1n) is 7.54. The number of hydrogen-bond acceptors (Lipinski definition) is 3. The van der Waals surface area contributed by atoms with Crippen LogP contribution in [0.4, 0.5) is 0 Å². The molecule has 20 heavy (non-hydrogen) atoms. The lowest BCUT2D eigenvalue weighted by Crippen LogP contribution is -2.45. The van der Waals surface area contributed by atoms with Crippen molar-refractivity contribution < 1.29 is 4.74 Å². The average Bonchev–Trinajstić information content (AvgIpc) is 2.49. The minimum atomic E-state index is 0.527. The van der Waals surface area contributed by atoms with E-state index in [9.17, 15) is 0 Å². The van der Waals surface area contributed by atoms with Crippen molar-refractivity contribution in [2.24, 2.45) is 0 Å². The summed E-state index contributed by atoms with van der Waals surface area (Å²) < 4.78 is 6.39. The monoisotopic (exact) mass is 340 g/mol. The fraction of sp³-hybridized carbons (Fsp3) is 0.625. The molecule has 1 saturated heterocycles. The number of rotatable bonds is 6. The highest BCUT2D eigenvalue weighted by molar-refractivity contribution is 9.10. The Morgan fingerprint density at radius 1 is 1.35 bits per heavy atom. The van der Waals surface area contributed by atoms with E-state index in [1.54, 1.807) is 7.11 Å². The number of nitrogens with one attached hydrogen (secondary N) is 1. The fourth-order valence-corrected chi connectivity index (χ4v) is 3.40. The van der Waals surface area contributed by atoms with Crippen LogP contribution in [0.15, 0.2) is 22.7 Å². The fourth-order valence-electron chi connectivity index (χ4n) is 2.84. The molecule has 0 spiro atoms. The number of halogens is 1. The van der Waals surface area contributed by atoms with Gasteiger partial charge in [0, 0.05) is 32.2 Å². The maximum absolute atomic E-state index is 5.34. The molecule has 4 heteroatoms. The SMILES string of the molecule is CCCC[C@@H](c1ccc(OC)c(Br)c1)N1CCNCC1. The molecule has 0 radical (unpaired) electrons. The Kier molecular flexibility index (Phi) is 6.33. The summed E-state index contributed by atoms with van der Waals surface area (Å²) in [7, 11) is 1.71. The number of hydrogen-bond donors (Lipinski definition) is 1. The van der Waals surface area contributed by atoms with Crippen molar-refractivity contribution in [3.63, 3.8) is 0 Å². The minimum Gasteiger partial charge on any atom is -0.496 e. The van der Waals surface area contributed by atoms with Crippen molar-refractivity contribution in [1.29, 1.82) is 0 Å². The quantitative estimate of drug-likeness (QED) is 0.856. The predicted octanol–water partition coefficient (Wildman–Crippen LogP) is 3.59. The van der Waals surface area contributed by atoms with Crippen molar-refractivity contribution in [2.75, 3.05) is 33.3 Å². The summed E-state index contributed by atoms with van der Waals surface area (Å²) in [6.45, 7) is 6.73. The van der Waals surface area contributed by atoms with Crippen LogP contribution < -0.4 is 10.1 Å². The highest BCUT2D eigenvalue weighted by Gasteiger charge is 2.22. The molecule has 1 fully saturated rings. The second-order valence-electron chi connectivity index (χ2n) is 5.34. The number of unbranched alkanes of at least 4 members (excludes halogenated alkanes) is 1. The van der Waals surface area contributed by atoms with Gasteiger partial charge in [-0.15, -0.1) is 0 Å². The summed E-state index contributed by atoms with van der Waals surface area (Å²) in [5.41, 5.74) is 1.40. The highest BCUT2D eigenvalue weighted by Crippen LogP contribution is 2.32. The molecule has 1 atom stereocenters. The molecule has 1 aromatic carbocycles. The molecule has 0 aliphatic carbocycles. The topological polar surface area (TPSA) is 24.5 Å². The van der Waals surface area contributed by atoms with Crippen LogP contribution in [-0.4, -0.2) is 38.2 Å². The summed E-state index contributed by atoms with van der Waals surface area (Å²) in [5, 5.41) is 3.44. The van der Waals surface area contributed by atoms with Crippen molar-refractivity contribution in [3.05, 3.63) is 28.2 Å². The number of piperazine rings is 1. The zero-order chi connectivity index (χ0) is 14.4. The highest BCUT2D eigenvalue weighted by atomic mass is 79.9. The molecule has 1 heterocycles. The van der Waals surface area contributed by atoms with Gasteiger partial charge in [0.05, 0.1) is 11.6 Å². The predicted molar refractivity (Wildman–Crippen MR) is 87.4 cm³/mol. The minimum absolute atomic E-state index is 0.527. The van der Waals surface area contributed by atoms with Crippen LogP contribution in [0.2, 0.25) is 0 Å². The molecule has 0 amide bonds. The van der Waals surface area contributed by atoms with Crippen LogP contribution in [0.3, 0.4) is 0 Å². The van der Waals surface area contributed by atoms with Gasteiger partial charge >= 0.3 is 0 Å². The molecule has 0 unspecified atom stereocenters. The van der Waals surface area contributed by atoms with Crippen molar-refractivity contribution >= 4 is 15.9 Å². The smallest absolute Gasteiger partial charge is 0.133 e. The van der Waals surface area contributed by atoms with Gasteiger partial charge in [0.15, 0.2) is 0 Å². The van der Waals surface area contributed by atoms with Crippen molar-refractivity contribution in [1.82, 2.24) is 10.2 Å². The van der Waals surface area contributed by atoms with Gasteiger partial charge in [-0.25, -0.2) is 0 Å². The second-order valence-corrected chi connectivity index (χ2v) is 6.19. The Morgan fingerprint density at radius 3 is 2.70 bits per heavy atom. The van der Waals surface area contributed by atoms with E-state index in [1.165, 1.54) is 24.8 Å². The van der Waals surface area contributed by atoms with Gasteiger partial charge in [0.25, 0.3) is 0 Å². The molecule has 2 rings (SSSR count). The lowest BCUT2D eigenvalue weighted by atomic mass is 9.98. The van der Waals surface area contributed by atoms with Gasteiger partial charge in [-0.05, 0) is 40.0 Å². The molecule has 1 N–H and O–H groups in total. The van der Waals surface area contributed by atoms with Crippen molar-refractivity contribution in [3.8, 4) is 5.75 Å². The maximum atomic E-state index is 5.34. The molecule has 0 saturated carbocycles. The van der Waals surface area contributed by atoms with E-state index in [1.807, 2.05) is 0 Å². The largest absolute Gasteiger partial charge is 0.496 e. The third-order valence-corrected chi connectivity index (χ3v) is 4.60. The molecule has 1 aliphatic rings. The summed E-state index contributed by atoms with van der Waals surface area (Å²) in [5.74, 6) is 0.906. The summed E-state index contributed by atoms with van der Waals surface area (Å²) in [6, 6.07) is 7.03. The molecule has 1 aliphatic heterocycles. The zero-order valence-corrected chi connectivity index (χ0v) is 14.1. The van der Waals surface area contributed by atoms with Crippen LogP contribution in [0.1, 0.15) is 37.8 Å². The lowest BCUT2D eigenvalue weighted by Gasteiger charge is -2.35. The van der Waals surface area contributed by atoms with E-state index in [2.05, 4.69) is 51.3 Å². The van der Waals surface area contributed by atoms with E-state index >= 15 is 0 Å². The first-order valence-corrected chi connectivity index (χ1v) is 8.33. The van der Waals surface area contributed by atoms with E-state index in [0.717, 1.165) is 36.4 Å². The van der Waals surface area contributed by atoms with Gasteiger partial charge in [0.1, 0.15) is 5.75 Å². The summed E-state index contributed by atoms with van der Waals surface area (Å²) >= 11 is 3.61. The normalized spacial score (nSPS) is 17.9. The summed E-state index contributed by atoms with van der Waals surface area (Å²) in [4.78, 5) is 2.61. The Bertz CT molecular complexity index is 419. The number of benzene rings is 1. The Labute approximate surface area is 130 Å². The van der Waals surface area contributed by atoms with Gasteiger partial charge < -0.3 is 10.1 Å². The number of nitrogens with zero attached hydrogens (tertiary/aromatic N) is 1. The molecule has 0 bridgehead atoms. The number of methoxy groups -OCH3 is 1. The Morgan fingerprint density at radius 2 is 2.10 bits per heavy atom. The van der Waals surface area contributed by atoms with E-state index in [4.69, 9.17) is 4.74 Å². The third-order valence-electron chi connectivity index (χ3n) is 3.98. The Balaban J connectivity index is 2.18. The van der Waals surface area contributed by atoms with Gasteiger partial charge in [-0.3, -0.25) is 4.90 Å². The molecule has 0 aromatic heterocycles. The van der Waals surface area contributed by atoms with Crippen LogP contribution in [0.5, 0.6) is 5.75 Å². The Hall–Kier alpha value is -0.580. The van der Waals surface area contributed by atoms with Gasteiger partial charge in [-0.1, -0.05) is 25.8 Å². The molecular formula is C16H25BrN2O. The van der Waals surface area contributed by atoms with Gasteiger partial charge in [0.2, 0.25) is 0 Å². The van der Waals surface area contributed by atoms with Crippen LogP contribution >= 0.6 is 15.9 Å². The van der Waals surface area contributed by atoms with Crippen molar-refractivity contribution in [2.45, 2.75) is 32.2 Å². The number of ether oxygens (including phenoxy) is 1. The maximum Gasteiger partial charge on any atom is 0.133 e. The van der Waals surface area contributed by atoms with E-state index in [-0.39, 0.29) is 0 Å². The third kappa shape index (κ3) is 3.96. The van der Waals surface area contributed by atoms with Crippen LogP contribution in [0, 0.1) is 0 Å².